The fourth-order valence-electron chi connectivity index (χ4n) is 2.75. The van der Waals surface area contributed by atoms with Crippen molar-refractivity contribution in [2.75, 3.05) is 13.2 Å². The van der Waals surface area contributed by atoms with E-state index in [0.717, 1.165) is 25.2 Å². The zero-order valence-corrected chi connectivity index (χ0v) is 11.3. The Morgan fingerprint density at radius 1 is 1.32 bits per heavy atom. The second-order valence-corrected chi connectivity index (χ2v) is 5.24. The largest absolute Gasteiger partial charge is 0.378 e. The van der Waals surface area contributed by atoms with Gasteiger partial charge >= 0.3 is 0 Å². The summed E-state index contributed by atoms with van der Waals surface area (Å²) in [5, 5.41) is 4.80. The molecule has 0 saturated carbocycles. The molecule has 1 aromatic heterocycles. The van der Waals surface area contributed by atoms with E-state index in [-0.39, 0.29) is 0 Å². The van der Waals surface area contributed by atoms with Crippen molar-refractivity contribution < 1.29 is 4.74 Å². The third-order valence-electron chi connectivity index (χ3n) is 3.99. The summed E-state index contributed by atoms with van der Waals surface area (Å²) in [7, 11) is 0. The molecule has 0 spiro atoms. The van der Waals surface area contributed by atoms with E-state index >= 15 is 0 Å². The topological polar surface area (TPSA) is 34.1 Å². The van der Waals surface area contributed by atoms with Crippen molar-refractivity contribution in [1.82, 2.24) is 10.3 Å². The van der Waals surface area contributed by atoms with Crippen LogP contribution in [0.4, 0.5) is 0 Å². The number of ether oxygens (including phenoxy) is 1. The Labute approximate surface area is 114 Å². The number of nitrogens with one attached hydrogen (secondary N) is 1. The van der Waals surface area contributed by atoms with E-state index in [9.17, 15) is 0 Å². The van der Waals surface area contributed by atoms with Crippen LogP contribution in [0.15, 0.2) is 36.5 Å². The zero-order chi connectivity index (χ0) is 13.1. The lowest BCUT2D eigenvalue weighted by Crippen LogP contribution is -2.26. The summed E-state index contributed by atoms with van der Waals surface area (Å²) in [4.78, 5) is 4.39. The average molecular weight is 256 g/mol. The minimum absolute atomic E-state index is 0.390. The first-order valence-electron chi connectivity index (χ1n) is 6.99. The van der Waals surface area contributed by atoms with E-state index in [4.69, 9.17) is 4.74 Å². The lowest BCUT2D eigenvalue weighted by atomic mass is 10.0. The third-order valence-corrected chi connectivity index (χ3v) is 3.99. The van der Waals surface area contributed by atoms with Crippen molar-refractivity contribution >= 4 is 10.9 Å². The SMILES string of the molecule is CC1OCCC1CNCc1ccnc2ccccc12. The molecule has 3 rings (SSSR count). The summed E-state index contributed by atoms with van der Waals surface area (Å²) in [6.07, 6.45) is 3.45. The van der Waals surface area contributed by atoms with Crippen LogP contribution >= 0.6 is 0 Å². The van der Waals surface area contributed by atoms with Gasteiger partial charge < -0.3 is 10.1 Å². The van der Waals surface area contributed by atoms with E-state index in [0.29, 0.717) is 12.0 Å². The van der Waals surface area contributed by atoms with E-state index in [1.54, 1.807) is 0 Å². The molecule has 100 valence electrons. The van der Waals surface area contributed by atoms with Crippen molar-refractivity contribution in [3.8, 4) is 0 Å². The van der Waals surface area contributed by atoms with Gasteiger partial charge in [-0.15, -0.1) is 0 Å². The van der Waals surface area contributed by atoms with Crippen LogP contribution in [0.3, 0.4) is 0 Å². The molecule has 1 aliphatic rings. The predicted molar refractivity (Wildman–Crippen MR) is 77.0 cm³/mol. The Bertz CT molecular complexity index is 550. The number of rotatable bonds is 4. The van der Waals surface area contributed by atoms with Gasteiger partial charge in [-0.2, -0.15) is 0 Å². The molecular weight excluding hydrogens is 236 g/mol. The van der Waals surface area contributed by atoms with Crippen LogP contribution in [-0.2, 0) is 11.3 Å². The van der Waals surface area contributed by atoms with Crippen LogP contribution in [-0.4, -0.2) is 24.2 Å². The molecule has 2 atom stereocenters. The first-order valence-corrected chi connectivity index (χ1v) is 6.99. The smallest absolute Gasteiger partial charge is 0.0705 e. The van der Waals surface area contributed by atoms with Gasteiger partial charge in [0, 0.05) is 31.3 Å². The minimum Gasteiger partial charge on any atom is -0.378 e. The predicted octanol–water partition coefficient (Wildman–Crippen LogP) is 2.75. The molecule has 3 nitrogen and oxygen atoms in total. The molecule has 0 aliphatic carbocycles. The molecule has 3 heteroatoms. The number of pyridine rings is 1. The van der Waals surface area contributed by atoms with Gasteiger partial charge in [-0.05, 0) is 37.0 Å². The summed E-state index contributed by atoms with van der Waals surface area (Å²) in [6, 6.07) is 10.4. The van der Waals surface area contributed by atoms with Crippen LogP contribution in [0, 0.1) is 5.92 Å². The van der Waals surface area contributed by atoms with E-state index < -0.39 is 0 Å². The Kier molecular flexibility index (Phi) is 3.76. The van der Waals surface area contributed by atoms with Gasteiger partial charge in [-0.3, -0.25) is 4.98 Å². The maximum atomic E-state index is 5.59. The number of aromatic nitrogens is 1. The molecule has 19 heavy (non-hydrogen) atoms. The van der Waals surface area contributed by atoms with Crippen LogP contribution in [0.5, 0.6) is 0 Å². The Morgan fingerprint density at radius 2 is 2.21 bits per heavy atom. The monoisotopic (exact) mass is 256 g/mol. The van der Waals surface area contributed by atoms with Crippen LogP contribution < -0.4 is 5.32 Å². The molecule has 0 bridgehead atoms. The van der Waals surface area contributed by atoms with Crippen molar-refractivity contribution in [2.24, 2.45) is 5.92 Å². The van der Waals surface area contributed by atoms with Gasteiger partial charge in [-0.1, -0.05) is 18.2 Å². The number of hydrogen-bond donors (Lipinski definition) is 1. The molecule has 2 aromatic rings. The van der Waals surface area contributed by atoms with Gasteiger partial charge in [0.2, 0.25) is 0 Å². The molecular formula is C16H20N2O. The van der Waals surface area contributed by atoms with Gasteiger partial charge in [0.25, 0.3) is 0 Å². The number of nitrogens with zero attached hydrogens (tertiary/aromatic N) is 1. The summed E-state index contributed by atoms with van der Waals surface area (Å²) in [5.74, 6) is 0.646. The standard InChI is InChI=1S/C16H20N2O/c1-12-13(7-9-19-12)10-17-11-14-6-8-18-16-5-3-2-4-15(14)16/h2-6,8,12-13,17H,7,9-11H2,1H3. The average Bonchev–Trinajstić information content (AvgIpc) is 2.85. The van der Waals surface area contributed by atoms with Crippen molar-refractivity contribution in [1.29, 1.82) is 0 Å². The number of hydrogen-bond acceptors (Lipinski definition) is 3. The Morgan fingerprint density at radius 3 is 3.05 bits per heavy atom. The van der Waals surface area contributed by atoms with Crippen LogP contribution in [0.1, 0.15) is 18.9 Å². The number of benzene rings is 1. The second kappa shape index (κ2) is 5.68. The van der Waals surface area contributed by atoms with Crippen LogP contribution in [0.25, 0.3) is 10.9 Å². The number of para-hydroxylation sites is 1. The molecule has 1 aromatic carbocycles. The molecule has 1 saturated heterocycles. The molecule has 2 heterocycles. The highest BCUT2D eigenvalue weighted by Crippen LogP contribution is 2.20. The molecule has 0 amide bonds. The van der Waals surface area contributed by atoms with Gasteiger partial charge in [0.05, 0.1) is 11.6 Å². The van der Waals surface area contributed by atoms with Gasteiger partial charge in [-0.25, -0.2) is 0 Å². The molecule has 1 aliphatic heterocycles. The fourth-order valence-corrected chi connectivity index (χ4v) is 2.75. The first-order chi connectivity index (χ1) is 9.34. The molecule has 1 fully saturated rings. The van der Waals surface area contributed by atoms with Crippen molar-refractivity contribution in [3.63, 3.8) is 0 Å². The maximum Gasteiger partial charge on any atom is 0.0705 e. The van der Waals surface area contributed by atoms with E-state index in [2.05, 4.69) is 41.5 Å². The first kappa shape index (κ1) is 12.6. The lowest BCUT2D eigenvalue weighted by molar-refractivity contribution is 0.105. The fraction of sp³-hybridized carbons (Fsp3) is 0.438. The van der Waals surface area contributed by atoms with E-state index in [1.165, 1.54) is 17.4 Å². The Hall–Kier alpha value is -1.45. The summed E-state index contributed by atoms with van der Waals surface area (Å²) in [5.41, 5.74) is 2.39. The molecule has 0 radical (unpaired) electrons. The minimum atomic E-state index is 0.390. The highest BCUT2D eigenvalue weighted by molar-refractivity contribution is 5.81. The summed E-state index contributed by atoms with van der Waals surface area (Å²) in [6.45, 7) is 5.00. The highest BCUT2D eigenvalue weighted by atomic mass is 16.5. The summed E-state index contributed by atoms with van der Waals surface area (Å²) < 4.78 is 5.59. The highest BCUT2D eigenvalue weighted by Gasteiger charge is 2.23. The number of fused-ring (bicyclic) bond motifs is 1. The van der Waals surface area contributed by atoms with Crippen LogP contribution in [0.2, 0.25) is 0 Å². The normalized spacial score (nSPS) is 23.0. The maximum absolute atomic E-state index is 5.59. The Balaban J connectivity index is 1.65. The second-order valence-electron chi connectivity index (χ2n) is 5.24. The zero-order valence-electron chi connectivity index (χ0n) is 11.3. The quantitative estimate of drug-likeness (QED) is 0.913. The van der Waals surface area contributed by atoms with Gasteiger partial charge in [0.15, 0.2) is 0 Å². The van der Waals surface area contributed by atoms with Gasteiger partial charge in [0.1, 0.15) is 0 Å². The summed E-state index contributed by atoms with van der Waals surface area (Å²) >= 11 is 0. The van der Waals surface area contributed by atoms with Crippen molar-refractivity contribution in [2.45, 2.75) is 26.0 Å². The lowest BCUT2D eigenvalue weighted by Gasteiger charge is -2.15. The molecule has 1 N–H and O–H groups in total. The van der Waals surface area contributed by atoms with E-state index in [1.807, 2.05) is 12.3 Å². The molecule has 2 unspecified atom stereocenters. The third kappa shape index (κ3) is 2.77. The van der Waals surface area contributed by atoms with Crippen molar-refractivity contribution in [3.05, 3.63) is 42.1 Å².